The lowest BCUT2D eigenvalue weighted by molar-refractivity contribution is -0.127. The molecule has 1 amide bonds. The van der Waals surface area contributed by atoms with Gasteiger partial charge in [0.05, 0.1) is 17.9 Å². The molecular weight excluding hydrogens is 314 g/mol. The Labute approximate surface area is 149 Å². The van der Waals surface area contributed by atoms with Crippen LogP contribution >= 0.6 is 0 Å². The highest BCUT2D eigenvalue weighted by atomic mass is 16.1. The maximum absolute atomic E-state index is 12.0. The summed E-state index contributed by atoms with van der Waals surface area (Å²) >= 11 is 0. The van der Waals surface area contributed by atoms with Crippen molar-refractivity contribution < 1.29 is 4.79 Å². The lowest BCUT2D eigenvalue weighted by Gasteiger charge is -2.23. The highest BCUT2D eigenvalue weighted by Gasteiger charge is 2.52. The molecule has 0 spiro atoms. The van der Waals surface area contributed by atoms with Crippen molar-refractivity contribution in [1.82, 2.24) is 25.3 Å². The summed E-state index contributed by atoms with van der Waals surface area (Å²) in [4.78, 5) is 14.6. The van der Waals surface area contributed by atoms with Gasteiger partial charge in [0.15, 0.2) is 0 Å². The monoisotopic (exact) mass is 343 g/mol. The van der Waals surface area contributed by atoms with E-state index in [2.05, 4.69) is 26.3 Å². The molecule has 1 aromatic rings. The number of piperidine rings is 1. The summed E-state index contributed by atoms with van der Waals surface area (Å²) in [5, 5.41) is 11.3. The summed E-state index contributed by atoms with van der Waals surface area (Å²) in [6.07, 6.45) is 4.48. The van der Waals surface area contributed by atoms with Gasteiger partial charge < -0.3 is 10.6 Å². The fourth-order valence-corrected chi connectivity index (χ4v) is 4.94. The van der Waals surface area contributed by atoms with Gasteiger partial charge >= 0.3 is 0 Å². The van der Waals surface area contributed by atoms with Crippen molar-refractivity contribution in [2.75, 3.05) is 26.2 Å². The van der Waals surface area contributed by atoms with Crippen molar-refractivity contribution in [3.63, 3.8) is 0 Å². The predicted octanol–water partition coefficient (Wildman–Crippen LogP) is 0.970. The first-order valence-corrected chi connectivity index (χ1v) is 10.0. The van der Waals surface area contributed by atoms with E-state index < -0.39 is 0 Å². The highest BCUT2D eigenvalue weighted by molar-refractivity contribution is 5.79. The fourth-order valence-electron chi connectivity index (χ4n) is 4.94. The molecule has 2 aliphatic heterocycles. The zero-order chi connectivity index (χ0) is 16.8. The highest BCUT2D eigenvalue weighted by Crippen LogP contribution is 2.49. The quantitative estimate of drug-likeness (QED) is 0.836. The molecule has 25 heavy (non-hydrogen) atoms. The van der Waals surface area contributed by atoms with E-state index in [1.807, 2.05) is 0 Å². The number of rotatable bonds is 5. The molecular formula is C19H29N5O. The van der Waals surface area contributed by atoms with Gasteiger partial charge in [0.25, 0.3) is 0 Å². The maximum atomic E-state index is 12.0. The summed E-state index contributed by atoms with van der Waals surface area (Å²) in [5.74, 6) is 3.25. The molecule has 6 heteroatoms. The molecule has 5 rings (SSSR count). The van der Waals surface area contributed by atoms with Crippen molar-refractivity contribution in [2.45, 2.75) is 45.3 Å². The Balaban J connectivity index is 1.18. The fraction of sp³-hybridized carbons (Fsp3) is 0.789. The normalized spacial score (nSPS) is 31.8. The average molecular weight is 343 g/mol. The van der Waals surface area contributed by atoms with Crippen LogP contribution in [0.5, 0.6) is 0 Å². The second kappa shape index (κ2) is 6.40. The van der Waals surface area contributed by atoms with Gasteiger partial charge in [-0.2, -0.15) is 5.10 Å². The van der Waals surface area contributed by atoms with Crippen LogP contribution in [0, 0.1) is 23.7 Å². The Kier molecular flexibility index (Phi) is 4.05. The molecule has 1 saturated heterocycles. The Hall–Kier alpha value is -1.40. The minimum atomic E-state index is 0.213. The van der Waals surface area contributed by atoms with Crippen LogP contribution in [-0.4, -0.2) is 46.8 Å². The van der Waals surface area contributed by atoms with Gasteiger partial charge in [-0.1, -0.05) is 6.42 Å². The van der Waals surface area contributed by atoms with Crippen LogP contribution in [0.2, 0.25) is 0 Å². The number of aryl methyl sites for hydroxylation is 1. The number of carbonyl (C=O) groups excluding carboxylic acids is 1. The number of hydrogen-bond acceptors (Lipinski definition) is 4. The van der Waals surface area contributed by atoms with E-state index in [-0.39, 0.29) is 11.8 Å². The molecule has 136 valence electrons. The molecule has 2 aliphatic carbocycles. The number of amides is 1. The minimum absolute atomic E-state index is 0.213. The average Bonchev–Trinajstić information content (AvgIpc) is 2.90. The number of aromatic nitrogens is 2. The third-order valence-corrected chi connectivity index (χ3v) is 6.80. The molecule has 2 N–H and O–H groups in total. The third kappa shape index (κ3) is 3.10. The summed E-state index contributed by atoms with van der Waals surface area (Å²) < 4.78 is 2.17. The van der Waals surface area contributed by atoms with Gasteiger partial charge in [-0.25, -0.2) is 0 Å². The van der Waals surface area contributed by atoms with E-state index in [4.69, 9.17) is 5.10 Å². The molecule has 3 heterocycles. The SMILES string of the molecule is O=C(NCc1cc2n(n1)CCCN(CC1[C@H]3CNC[C@@H]13)C2)C1CCC1. The van der Waals surface area contributed by atoms with Crippen LogP contribution in [-0.2, 0) is 24.4 Å². The Morgan fingerprint density at radius 3 is 2.84 bits per heavy atom. The van der Waals surface area contributed by atoms with Crippen molar-refractivity contribution in [2.24, 2.45) is 23.7 Å². The van der Waals surface area contributed by atoms with Gasteiger partial charge in [-0.15, -0.1) is 0 Å². The molecule has 1 unspecified atom stereocenters. The molecule has 1 aromatic heterocycles. The van der Waals surface area contributed by atoms with Crippen LogP contribution in [0.25, 0.3) is 0 Å². The molecule has 0 radical (unpaired) electrons. The van der Waals surface area contributed by atoms with Crippen molar-refractivity contribution in [1.29, 1.82) is 0 Å². The van der Waals surface area contributed by atoms with E-state index in [0.717, 1.165) is 49.4 Å². The Bertz CT molecular complexity index is 642. The maximum Gasteiger partial charge on any atom is 0.223 e. The van der Waals surface area contributed by atoms with Crippen molar-refractivity contribution in [3.8, 4) is 0 Å². The first kappa shape index (κ1) is 15.8. The van der Waals surface area contributed by atoms with Crippen LogP contribution in [0.3, 0.4) is 0 Å². The smallest absolute Gasteiger partial charge is 0.223 e. The first-order valence-electron chi connectivity index (χ1n) is 10.0. The molecule has 4 aliphatic rings. The topological polar surface area (TPSA) is 62.2 Å². The molecule has 3 atom stereocenters. The second-order valence-corrected chi connectivity index (χ2v) is 8.43. The molecule has 6 nitrogen and oxygen atoms in total. The zero-order valence-electron chi connectivity index (χ0n) is 14.9. The summed E-state index contributed by atoms with van der Waals surface area (Å²) in [7, 11) is 0. The number of fused-ring (bicyclic) bond motifs is 2. The van der Waals surface area contributed by atoms with Crippen LogP contribution in [0.15, 0.2) is 6.07 Å². The lowest BCUT2D eigenvalue weighted by atomic mass is 9.85. The van der Waals surface area contributed by atoms with Crippen LogP contribution in [0.4, 0.5) is 0 Å². The largest absolute Gasteiger partial charge is 0.350 e. The number of nitrogens with one attached hydrogen (secondary N) is 2. The molecule has 0 bridgehead atoms. The van der Waals surface area contributed by atoms with Gasteiger partial charge in [-0.3, -0.25) is 14.4 Å². The minimum Gasteiger partial charge on any atom is -0.350 e. The molecule has 2 saturated carbocycles. The lowest BCUT2D eigenvalue weighted by Crippen LogP contribution is -2.34. The third-order valence-electron chi connectivity index (χ3n) is 6.80. The van der Waals surface area contributed by atoms with Crippen molar-refractivity contribution in [3.05, 3.63) is 17.5 Å². The number of nitrogens with zero attached hydrogens (tertiary/aromatic N) is 3. The van der Waals surface area contributed by atoms with Crippen LogP contribution < -0.4 is 10.6 Å². The van der Waals surface area contributed by atoms with E-state index in [9.17, 15) is 4.79 Å². The van der Waals surface area contributed by atoms with E-state index in [1.165, 1.54) is 44.7 Å². The summed E-state index contributed by atoms with van der Waals surface area (Å²) in [6.45, 7) is 7.47. The van der Waals surface area contributed by atoms with Gasteiger partial charge in [0, 0.05) is 32.1 Å². The molecule has 0 aromatic carbocycles. The predicted molar refractivity (Wildman–Crippen MR) is 94.6 cm³/mol. The number of hydrogen-bond donors (Lipinski definition) is 2. The number of carbonyl (C=O) groups is 1. The van der Waals surface area contributed by atoms with Gasteiger partial charge in [0.1, 0.15) is 0 Å². The van der Waals surface area contributed by atoms with E-state index in [1.54, 1.807) is 0 Å². The first-order chi connectivity index (χ1) is 12.3. The summed E-state index contributed by atoms with van der Waals surface area (Å²) in [5.41, 5.74) is 2.33. The van der Waals surface area contributed by atoms with Gasteiger partial charge in [-0.05, 0) is 56.2 Å². The van der Waals surface area contributed by atoms with E-state index in [0.29, 0.717) is 6.54 Å². The summed E-state index contributed by atoms with van der Waals surface area (Å²) in [6, 6.07) is 2.20. The standard InChI is InChI=1S/C19H29N5O/c25-19(13-3-1-4-13)21-8-14-7-15-11-23(5-2-6-24(15)22-14)12-18-16-9-20-10-17(16)18/h7,13,16-18,20H,1-6,8-12H2,(H,21,25)/t16-,17+,18?. The van der Waals surface area contributed by atoms with Crippen LogP contribution in [0.1, 0.15) is 37.1 Å². The molecule has 3 fully saturated rings. The second-order valence-electron chi connectivity index (χ2n) is 8.43. The van der Waals surface area contributed by atoms with E-state index >= 15 is 0 Å². The van der Waals surface area contributed by atoms with Crippen molar-refractivity contribution >= 4 is 5.91 Å². The Morgan fingerprint density at radius 2 is 2.08 bits per heavy atom. The van der Waals surface area contributed by atoms with Gasteiger partial charge in [0.2, 0.25) is 5.91 Å². The Morgan fingerprint density at radius 1 is 1.24 bits per heavy atom. The zero-order valence-corrected chi connectivity index (χ0v) is 14.9.